The largest absolute Gasteiger partial charge is 0.423 e. The molecule has 0 saturated carbocycles. The highest BCUT2D eigenvalue weighted by molar-refractivity contribution is 4.97. The molecule has 2 aliphatic rings. The molecule has 5 heteroatoms. The van der Waals surface area contributed by atoms with Crippen LogP contribution >= 0.6 is 0 Å². The van der Waals surface area contributed by atoms with Crippen molar-refractivity contribution < 1.29 is 4.42 Å². The Morgan fingerprint density at radius 2 is 2.16 bits per heavy atom. The molecule has 0 unspecified atom stereocenters. The summed E-state index contributed by atoms with van der Waals surface area (Å²) in [6, 6.07) is 0.666. The van der Waals surface area contributed by atoms with Crippen LogP contribution in [0.4, 0.5) is 0 Å². The zero-order valence-electron chi connectivity index (χ0n) is 12.1. The van der Waals surface area contributed by atoms with E-state index in [2.05, 4.69) is 41.2 Å². The molecule has 3 rings (SSSR count). The third-order valence-corrected chi connectivity index (χ3v) is 4.14. The van der Waals surface area contributed by atoms with Crippen LogP contribution in [0.1, 0.15) is 45.4 Å². The summed E-state index contributed by atoms with van der Waals surface area (Å²) in [5.41, 5.74) is -0.0637. The molecule has 0 bridgehead atoms. The van der Waals surface area contributed by atoms with Gasteiger partial charge in [-0.15, -0.1) is 10.2 Å². The molecule has 2 saturated heterocycles. The second-order valence-electron chi connectivity index (χ2n) is 6.91. The molecule has 0 radical (unpaired) electrons. The van der Waals surface area contributed by atoms with Crippen LogP contribution in [0.15, 0.2) is 4.42 Å². The van der Waals surface area contributed by atoms with E-state index in [1.54, 1.807) is 0 Å². The first-order chi connectivity index (χ1) is 9.02. The van der Waals surface area contributed by atoms with Crippen molar-refractivity contribution in [1.82, 2.24) is 20.4 Å². The Labute approximate surface area is 114 Å². The lowest BCUT2D eigenvalue weighted by Crippen LogP contribution is -2.40. The minimum Gasteiger partial charge on any atom is -0.423 e. The van der Waals surface area contributed by atoms with Crippen LogP contribution in [-0.4, -0.2) is 40.8 Å². The Bertz CT molecular complexity index is 423. The van der Waals surface area contributed by atoms with Gasteiger partial charge in [0.25, 0.3) is 0 Å². The summed E-state index contributed by atoms with van der Waals surface area (Å²) in [6.45, 7) is 10.5. The van der Waals surface area contributed by atoms with E-state index < -0.39 is 0 Å². The molecule has 0 spiro atoms. The number of fused-ring (bicyclic) bond motifs is 1. The molecule has 2 atom stereocenters. The van der Waals surface area contributed by atoms with Gasteiger partial charge in [-0.2, -0.15) is 0 Å². The minimum absolute atomic E-state index is 0.0637. The maximum atomic E-state index is 5.78. The molecule has 5 nitrogen and oxygen atoms in total. The molecule has 0 amide bonds. The number of rotatable bonds is 2. The molecule has 3 heterocycles. The van der Waals surface area contributed by atoms with Gasteiger partial charge < -0.3 is 9.73 Å². The topological polar surface area (TPSA) is 54.2 Å². The first kappa shape index (κ1) is 13.1. The van der Waals surface area contributed by atoms with Crippen molar-refractivity contribution in [3.63, 3.8) is 0 Å². The van der Waals surface area contributed by atoms with E-state index in [1.807, 2.05) is 0 Å². The molecule has 2 aliphatic heterocycles. The molecule has 19 heavy (non-hydrogen) atoms. The number of hydrogen-bond acceptors (Lipinski definition) is 5. The summed E-state index contributed by atoms with van der Waals surface area (Å²) in [4.78, 5) is 2.44. The van der Waals surface area contributed by atoms with Crippen LogP contribution in [0.2, 0.25) is 0 Å². The predicted octanol–water partition coefficient (Wildman–Crippen LogP) is 1.55. The van der Waals surface area contributed by atoms with Crippen molar-refractivity contribution in [2.45, 2.75) is 51.6 Å². The standard InChI is InChI=1S/C14H24N4O/c1-14(2,3)13-17-16-12(19-13)9-18-7-10-5-4-6-15-11(10)8-18/h10-11,15H,4-9H2,1-3H3/t10-,11+/m0/s1. The fourth-order valence-corrected chi connectivity index (χ4v) is 3.08. The lowest BCUT2D eigenvalue weighted by molar-refractivity contribution is 0.267. The van der Waals surface area contributed by atoms with E-state index in [0.29, 0.717) is 6.04 Å². The van der Waals surface area contributed by atoms with E-state index in [9.17, 15) is 0 Å². The van der Waals surface area contributed by atoms with Gasteiger partial charge in [0.1, 0.15) is 0 Å². The first-order valence-electron chi connectivity index (χ1n) is 7.31. The molecule has 1 N–H and O–H groups in total. The summed E-state index contributed by atoms with van der Waals surface area (Å²) >= 11 is 0. The summed E-state index contributed by atoms with van der Waals surface area (Å²) in [6.07, 6.45) is 2.66. The second kappa shape index (κ2) is 4.87. The Morgan fingerprint density at radius 1 is 1.32 bits per heavy atom. The number of piperidine rings is 1. The molecule has 106 valence electrons. The van der Waals surface area contributed by atoms with Crippen LogP contribution in [0.5, 0.6) is 0 Å². The number of likely N-dealkylation sites (tertiary alicyclic amines) is 1. The molecule has 2 fully saturated rings. The molecular weight excluding hydrogens is 240 g/mol. The lowest BCUT2D eigenvalue weighted by Gasteiger charge is -2.24. The SMILES string of the molecule is CC(C)(C)c1nnc(CN2C[C@@H]3CCCN[C@@H]3C2)o1. The van der Waals surface area contributed by atoms with Crippen molar-refractivity contribution >= 4 is 0 Å². The van der Waals surface area contributed by atoms with Crippen molar-refractivity contribution in [2.75, 3.05) is 19.6 Å². The van der Waals surface area contributed by atoms with Gasteiger partial charge in [0, 0.05) is 24.5 Å². The summed E-state index contributed by atoms with van der Waals surface area (Å²) in [5, 5.41) is 12.0. The zero-order chi connectivity index (χ0) is 13.5. The van der Waals surface area contributed by atoms with Gasteiger partial charge in [-0.05, 0) is 25.3 Å². The third-order valence-electron chi connectivity index (χ3n) is 4.14. The van der Waals surface area contributed by atoms with E-state index in [0.717, 1.165) is 37.3 Å². The Hall–Kier alpha value is -0.940. The third kappa shape index (κ3) is 2.82. The highest BCUT2D eigenvalue weighted by atomic mass is 16.4. The maximum Gasteiger partial charge on any atom is 0.230 e. The van der Waals surface area contributed by atoms with Crippen LogP contribution in [0.25, 0.3) is 0 Å². The van der Waals surface area contributed by atoms with Crippen molar-refractivity contribution in [3.05, 3.63) is 11.8 Å². The van der Waals surface area contributed by atoms with Gasteiger partial charge in [-0.25, -0.2) is 0 Å². The van der Waals surface area contributed by atoms with Gasteiger partial charge >= 0.3 is 0 Å². The normalized spacial score (nSPS) is 28.6. The summed E-state index contributed by atoms with van der Waals surface area (Å²) < 4.78 is 5.78. The van der Waals surface area contributed by atoms with Gasteiger partial charge in [-0.1, -0.05) is 20.8 Å². The average Bonchev–Trinajstić information content (AvgIpc) is 2.94. The number of hydrogen-bond donors (Lipinski definition) is 1. The maximum absolute atomic E-state index is 5.78. The number of nitrogens with zero attached hydrogens (tertiary/aromatic N) is 3. The Balaban J connectivity index is 1.61. The number of aromatic nitrogens is 2. The zero-order valence-corrected chi connectivity index (χ0v) is 12.1. The highest BCUT2D eigenvalue weighted by Crippen LogP contribution is 2.26. The molecule has 0 aromatic carbocycles. The van der Waals surface area contributed by atoms with Gasteiger partial charge in [0.15, 0.2) is 0 Å². The minimum atomic E-state index is -0.0637. The molecule has 1 aromatic heterocycles. The van der Waals surface area contributed by atoms with E-state index in [4.69, 9.17) is 4.42 Å². The van der Waals surface area contributed by atoms with Crippen LogP contribution < -0.4 is 5.32 Å². The van der Waals surface area contributed by atoms with Crippen LogP contribution in [-0.2, 0) is 12.0 Å². The summed E-state index contributed by atoms with van der Waals surface area (Å²) in [7, 11) is 0. The highest BCUT2D eigenvalue weighted by Gasteiger charge is 2.34. The van der Waals surface area contributed by atoms with Crippen molar-refractivity contribution in [2.24, 2.45) is 5.92 Å². The van der Waals surface area contributed by atoms with Gasteiger partial charge in [0.2, 0.25) is 11.8 Å². The van der Waals surface area contributed by atoms with Crippen molar-refractivity contribution in [1.29, 1.82) is 0 Å². The Kier molecular flexibility index (Phi) is 3.35. The smallest absolute Gasteiger partial charge is 0.230 e. The lowest BCUT2D eigenvalue weighted by atomic mass is 9.94. The van der Waals surface area contributed by atoms with Crippen LogP contribution in [0, 0.1) is 5.92 Å². The van der Waals surface area contributed by atoms with E-state index >= 15 is 0 Å². The van der Waals surface area contributed by atoms with Crippen molar-refractivity contribution in [3.8, 4) is 0 Å². The fourth-order valence-electron chi connectivity index (χ4n) is 3.08. The van der Waals surface area contributed by atoms with Crippen LogP contribution in [0.3, 0.4) is 0 Å². The fraction of sp³-hybridized carbons (Fsp3) is 0.857. The first-order valence-corrected chi connectivity index (χ1v) is 7.31. The van der Waals surface area contributed by atoms with Gasteiger partial charge in [-0.3, -0.25) is 4.90 Å². The molecule has 1 aromatic rings. The van der Waals surface area contributed by atoms with E-state index in [-0.39, 0.29) is 5.41 Å². The second-order valence-corrected chi connectivity index (χ2v) is 6.91. The van der Waals surface area contributed by atoms with E-state index in [1.165, 1.54) is 19.4 Å². The number of nitrogens with one attached hydrogen (secondary N) is 1. The molecular formula is C14H24N4O. The predicted molar refractivity (Wildman–Crippen MR) is 72.8 cm³/mol. The Morgan fingerprint density at radius 3 is 2.84 bits per heavy atom. The quantitative estimate of drug-likeness (QED) is 0.878. The molecule has 0 aliphatic carbocycles. The average molecular weight is 264 g/mol. The van der Waals surface area contributed by atoms with Gasteiger partial charge in [0.05, 0.1) is 6.54 Å². The summed E-state index contributed by atoms with van der Waals surface area (Å²) in [5.74, 6) is 2.29. The monoisotopic (exact) mass is 264 g/mol.